The highest BCUT2D eigenvalue weighted by Crippen LogP contribution is 2.33. The highest BCUT2D eigenvalue weighted by atomic mass is 79.9. The van der Waals surface area contributed by atoms with E-state index in [1.165, 1.54) is 6.07 Å². The molecule has 1 aromatic carbocycles. The van der Waals surface area contributed by atoms with Gasteiger partial charge in [-0.05, 0) is 28.4 Å². The van der Waals surface area contributed by atoms with Crippen LogP contribution < -0.4 is 5.73 Å². The third kappa shape index (κ3) is 0.966. The molecule has 0 bridgehead atoms. The van der Waals surface area contributed by atoms with Gasteiger partial charge in [-0.25, -0.2) is 4.39 Å². The van der Waals surface area contributed by atoms with Crippen molar-refractivity contribution in [2.24, 2.45) is 0 Å². The Bertz CT molecular complexity index is 371. The van der Waals surface area contributed by atoms with Crippen molar-refractivity contribution in [3.05, 3.63) is 33.6 Å². The quantitative estimate of drug-likeness (QED) is 0.679. The molecule has 0 saturated heterocycles. The fourth-order valence-corrected chi connectivity index (χ4v) is 1.80. The SMILES string of the molecule is Nc1c(Br)cc(F)c2c1C=CC2. The van der Waals surface area contributed by atoms with Crippen LogP contribution in [0, 0.1) is 5.82 Å². The van der Waals surface area contributed by atoms with Crippen molar-refractivity contribution in [2.45, 2.75) is 6.42 Å². The van der Waals surface area contributed by atoms with Gasteiger partial charge in [0.15, 0.2) is 0 Å². The van der Waals surface area contributed by atoms with Crippen LogP contribution in [-0.2, 0) is 6.42 Å². The standard InChI is InChI=1S/C9H7BrFN/c10-7-4-8(11)5-2-1-3-6(5)9(7)12/h1,3-4H,2,12H2. The number of nitrogens with two attached hydrogens (primary N) is 1. The molecule has 1 aliphatic rings. The van der Waals surface area contributed by atoms with Crippen LogP contribution in [0.15, 0.2) is 16.6 Å². The average Bonchev–Trinajstić information content (AvgIpc) is 2.48. The molecule has 62 valence electrons. The lowest BCUT2D eigenvalue weighted by molar-refractivity contribution is 0.615. The van der Waals surface area contributed by atoms with Gasteiger partial charge < -0.3 is 5.73 Å². The summed E-state index contributed by atoms with van der Waals surface area (Å²) < 4.78 is 13.8. The van der Waals surface area contributed by atoms with Gasteiger partial charge in [-0.15, -0.1) is 0 Å². The van der Waals surface area contributed by atoms with E-state index >= 15 is 0 Å². The summed E-state index contributed by atoms with van der Waals surface area (Å²) in [5.41, 5.74) is 7.89. The number of allylic oxidation sites excluding steroid dienone is 1. The monoisotopic (exact) mass is 227 g/mol. The number of anilines is 1. The molecule has 3 heteroatoms. The summed E-state index contributed by atoms with van der Waals surface area (Å²) in [6.45, 7) is 0. The number of rotatable bonds is 0. The Morgan fingerprint density at radius 2 is 2.25 bits per heavy atom. The Balaban J connectivity index is 2.75. The lowest BCUT2D eigenvalue weighted by Gasteiger charge is -2.06. The molecule has 1 aromatic rings. The maximum absolute atomic E-state index is 13.2. The number of hydrogen-bond acceptors (Lipinski definition) is 1. The largest absolute Gasteiger partial charge is 0.397 e. The van der Waals surface area contributed by atoms with Crippen molar-refractivity contribution in [3.8, 4) is 0 Å². The fraction of sp³-hybridized carbons (Fsp3) is 0.111. The number of benzene rings is 1. The van der Waals surface area contributed by atoms with Gasteiger partial charge in [0.25, 0.3) is 0 Å². The molecule has 0 fully saturated rings. The Hall–Kier alpha value is -0.830. The van der Waals surface area contributed by atoms with Gasteiger partial charge in [0, 0.05) is 15.6 Å². The zero-order valence-corrected chi connectivity index (χ0v) is 7.86. The molecular weight excluding hydrogens is 221 g/mol. The van der Waals surface area contributed by atoms with Crippen molar-refractivity contribution < 1.29 is 4.39 Å². The molecule has 0 aliphatic heterocycles. The molecule has 0 saturated carbocycles. The van der Waals surface area contributed by atoms with E-state index in [1.807, 2.05) is 12.2 Å². The topological polar surface area (TPSA) is 26.0 Å². The van der Waals surface area contributed by atoms with Crippen LogP contribution in [0.1, 0.15) is 11.1 Å². The van der Waals surface area contributed by atoms with Crippen molar-refractivity contribution in [3.63, 3.8) is 0 Å². The Morgan fingerprint density at radius 3 is 3.00 bits per heavy atom. The number of nitrogen functional groups attached to an aromatic ring is 1. The summed E-state index contributed by atoms with van der Waals surface area (Å²) >= 11 is 3.20. The van der Waals surface area contributed by atoms with E-state index in [9.17, 15) is 4.39 Å². The third-order valence-electron chi connectivity index (χ3n) is 2.02. The van der Waals surface area contributed by atoms with Gasteiger partial charge in [0.2, 0.25) is 0 Å². The van der Waals surface area contributed by atoms with Crippen LogP contribution in [0.25, 0.3) is 6.08 Å². The maximum atomic E-state index is 13.2. The second-order valence-electron chi connectivity index (χ2n) is 2.75. The lowest BCUT2D eigenvalue weighted by atomic mass is 10.1. The van der Waals surface area contributed by atoms with Crippen LogP contribution >= 0.6 is 15.9 Å². The predicted molar refractivity (Wildman–Crippen MR) is 51.3 cm³/mol. The summed E-state index contributed by atoms with van der Waals surface area (Å²) in [5.74, 6) is -0.184. The molecule has 0 unspecified atom stereocenters. The van der Waals surface area contributed by atoms with Crippen LogP contribution in [0.4, 0.5) is 10.1 Å². The first-order valence-corrected chi connectivity index (χ1v) is 4.42. The Morgan fingerprint density at radius 1 is 1.50 bits per heavy atom. The van der Waals surface area contributed by atoms with Gasteiger partial charge in [0.05, 0.1) is 5.69 Å². The third-order valence-corrected chi connectivity index (χ3v) is 2.68. The van der Waals surface area contributed by atoms with E-state index < -0.39 is 0 Å². The van der Waals surface area contributed by atoms with Crippen molar-refractivity contribution in [2.75, 3.05) is 5.73 Å². The van der Waals surface area contributed by atoms with E-state index in [1.54, 1.807) is 0 Å². The highest BCUT2D eigenvalue weighted by Gasteiger charge is 2.15. The van der Waals surface area contributed by atoms with Gasteiger partial charge in [-0.3, -0.25) is 0 Å². The van der Waals surface area contributed by atoms with Gasteiger partial charge >= 0.3 is 0 Å². The molecule has 1 nitrogen and oxygen atoms in total. The molecular formula is C9H7BrFN. The molecule has 2 rings (SSSR count). The van der Waals surface area contributed by atoms with E-state index in [2.05, 4.69) is 15.9 Å². The van der Waals surface area contributed by atoms with Crippen LogP contribution in [0.2, 0.25) is 0 Å². The first-order valence-electron chi connectivity index (χ1n) is 3.63. The van der Waals surface area contributed by atoms with E-state index in [4.69, 9.17) is 5.73 Å². The molecule has 2 N–H and O–H groups in total. The summed E-state index contributed by atoms with van der Waals surface area (Å²) in [5, 5.41) is 0. The minimum absolute atomic E-state index is 0.184. The number of hydrogen-bond donors (Lipinski definition) is 1. The van der Waals surface area contributed by atoms with Crippen LogP contribution in [0.5, 0.6) is 0 Å². The second kappa shape index (κ2) is 2.59. The molecule has 0 amide bonds. The summed E-state index contributed by atoms with van der Waals surface area (Å²) in [7, 11) is 0. The van der Waals surface area contributed by atoms with Crippen LogP contribution in [-0.4, -0.2) is 0 Å². The van der Waals surface area contributed by atoms with Crippen molar-refractivity contribution in [1.82, 2.24) is 0 Å². The maximum Gasteiger partial charge on any atom is 0.128 e. The van der Waals surface area contributed by atoms with E-state index in [0.717, 1.165) is 5.56 Å². The van der Waals surface area contributed by atoms with Gasteiger partial charge in [-0.1, -0.05) is 12.2 Å². The fourth-order valence-electron chi connectivity index (χ4n) is 1.39. The first-order chi connectivity index (χ1) is 5.70. The molecule has 0 heterocycles. The highest BCUT2D eigenvalue weighted by molar-refractivity contribution is 9.10. The molecule has 0 radical (unpaired) electrons. The summed E-state index contributed by atoms with van der Waals surface area (Å²) in [6.07, 6.45) is 4.42. The molecule has 1 aliphatic carbocycles. The summed E-state index contributed by atoms with van der Waals surface area (Å²) in [6, 6.07) is 1.42. The zero-order chi connectivity index (χ0) is 8.72. The smallest absolute Gasteiger partial charge is 0.128 e. The van der Waals surface area contributed by atoms with Crippen molar-refractivity contribution in [1.29, 1.82) is 0 Å². The normalized spacial score (nSPS) is 13.5. The second-order valence-corrected chi connectivity index (χ2v) is 3.61. The molecule has 12 heavy (non-hydrogen) atoms. The van der Waals surface area contributed by atoms with E-state index in [0.29, 0.717) is 22.1 Å². The van der Waals surface area contributed by atoms with E-state index in [-0.39, 0.29) is 5.82 Å². The molecule has 0 atom stereocenters. The molecule has 0 spiro atoms. The van der Waals surface area contributed by atoms with Crippen LogP contribution in [0.3, 0.4) is 0 Å². The average molecular weight is 228 g/mol. The minimum atomic E-state index is -0.184. The lowest BCUT2D eigenvalue weighted by Crippen LogP contribution is -1.96. The number of fused-ring (bicyclic) bond motifs is 1. The Labute approximate surface area is 78.2 Å². The summed E-state index contributed by atoms with van der Waals surface area (Å²) in [4.78, 5) is 0. The zero-order valence-electron chi connectivity index (χ0n) is 6.27. The minimum Gasteiger partial charge on any atom is -0.397 e. The van der Waals surface area contributed by atoms with Gasteiger partial charge in [0.1, 0.15) is 5.82 Å². The Kier molecular flexibility index (Phi) is 1.68. The van der Waals surface area contributed by atoms with Crippen molar-refractivity contribution >= 4 is 27.7 Å². The number of halogens is 2. The first kappa shape index (κ1) is 7.80. The molecule has 0 aromatic heterocycles. The van der Waals surface area contributed by atoms with Gasteiger partial charge in [-0.2, -0.15) is 0 Å². The predicted octanol–water partition coefficient (Wildman–Crippen LogP) is 2.74.